The number of likely N-dealkylation sites (N-methyl/N-ethyl adjacent to an activating group) is 1. The van der Waals surface area contributed by atoms with E-state index in [4.69, 9.17) is 0 Å². The van der Waals surface area contributed by atoms with Crippen molar-refractivity contribution in [1.82, 2.24) is 24.5 Å². The summed E-state index contributed by atoms with van der Waals surface area (Å²) in [5.74, 6) is 4.73. The highest BCUT2D eigenvalue weighted by atomic mass is 16.3. The molecule has 2 atom stereocenters. The van der Waals surface area contributed by atoms with Crippen LogP contribution in [0.15, 0.2) is 53.6 Å². The van der Waals surface area contributed by atoms with E-state index in [0.717, 1.165) is 11.8 Å². The maximum Gasteiger partial charge on any atom is 0.275 e. The summed E-state index contributed by atoms with van der Waals surface area (Å²) in [5, 5.41) is 19.1. The fourth-order valence-electron chi connectivity index (χ4n) is 3.65. The Labute approximate surface area is 167 Å². The number of rotatable bonds is 3. The van der Waals surface area contributed by atoms with Crippen molar-refractivity contribution in [1.29, 1.82) is 0 Å². The molecule has 0 fully saturated rings. The third-order valence-corrected chi connectivity index (χ3v) is 4.96. The summed E-state index contributed by atoms with van der Waals surface area (Å²) in [7, 11) is 1.63. The molecule has 0 radical (unpaired) electrons. The van der Waals surface area contributed by atoms with E-state index in [2.05, 4.69) is 22.0 Å². The summed E-state index contributed by atoms with van der Waals surface area (Å²) in [4.78, 5) is 26.0. The van der Waals surface area contributed by atoms with Crippen LogP contribution < -0.4 is 5.43 Å². The number of hydrogen-bond donors (Lipinski definition) is 1. The van der Waals surface area contributed by atoms with E-state index in [0.29, 0.717) is 12.2 Å². The SMILES string of the molecule is CC#Cc1ccn(C(c2ccccc2)C2CN(C)C(=O)c3c(O)c(=O)cnn32)n1. The van der Waals surface area contributed by atoms with Gasteiger partial charge in [0.05, 0.1) is 12.2 Å². The maximum absolute atomic E-state index is 12.6. The van der Waals surface area contributed by atoms with Crippen molar-refractivity contribution < 1.29 is 9.90 Å². The van der Waals surface area contributed by atoms with Gasteiger partial charge in [0.2, 0.25) is 5.43 Å². The third-order valence-electron chi connectivity index (χ3n) is 4.96. The summed E-state index contributed by atoms with van der Waals surface area (Å²) in [5.41, 5.74) is 0.780. The van der Waals surface area contributed by atoms with Gasteiger partial charge in [-0.15, -0.1) is 0 Å². The Morgan fingerprint density at radius 3 is 2.69 bits per heavy atom. The zero-order chi connectivity index (χ0) is 20.5. The highest BCUT2D eigenvalue weighted by Crippen LogP contribution is 2.35. The molecular weight excluding hydrogens is 370 g/mol. The van der Waals surface area contributed by atoms with Crippen LogP contribution in [0.4, 0.5) is 0 Å². The van der Waals surface area contributed by atoms with Gasteiger partial charge < -0.3 is 10.0 Å². The summed E-state index contributed by atoms with van der Waals surface area (Å²) in [6.45, 7) is 2.07. The van der Waals surface area contributed by atoms with Crippen LogP contribution >= 0.6 is 0 Å². The number of aromatic hydroxyl groups is 1. The predicted octanol–water partition coefficient (Wildman–Crippen LogP) is 1.43. The van der Waals surface area contributed by atoms with Crippen molar-refractivity contribution in [2.24, 2.45) is 0 Å². The first kappa shape index (κ1) is 18.5. The van der Waals surface area contributed by atoms with E-state index in [9.17, 15) is 14.7 Å². The lowest BCUT2D eigenvalue weighted by Gasteiger charge is -2.37. The molecule has 1 aliphatic heterocycles. The number of nitrogens with zero attached hydrogens (tertiary/aromatic N) is 5. The number of carbonyl (C=O) groups excluding carboxylic acids is 1. The van der Waals surface area contributed by atoms with Crippen molar-refractivity contribution in [2.75, 3.05) is 13.6 Å². The van der Waals surface area contributed by atoms with Gasteiger partial charge in [0.1, 0.15) is 11.7 Å². The van der Waals surface area contributed by atoms with Gasteiger partial charge in [0, 0.05) is 19.8 Å². The summed E-state index contributed by atoms with van der Waals surface area (Å²) in [6.07, 6.45) is 2.86. The van der Waals surface area contributed by atoms with Gasteiger partial charge in [-0.25, -0.2) is 4.68 Å². The molecule has 1 aliphatic rings. The maximum atomic E-state index is 12.6. The summed E-state index contributed by atoms with van der Waals surface area (Å²) >= 11 is 0. The van der Waals surface area contributed by atoms with Crippen molar-refractivity contribution in [3.63, 3.8) is 0 Å². The van der Waals surface area contributed by atoms with Crippen LogP contribution in [0.5, 0.6) is 5.75 Å². The molecule has 0 saturated carbocycles. The average Bonchev–Trinajstić information content (AvgIpc) is 3.17. The van der Waals surface area contributed by atoms with Gasteiger partial charge in [0.15, 0.2) is 11.4 Å². The minimum atomic E-state index is -0.686. The molecule has 3 aromatic rings. The Morgan fingerprint density at radius 1 is 1.21 bits per heavy atom. The molecule has 146 valence electrons. The zero-order valence-corrected chi connectivity index (χ0v) is 16.0. The van der Waals surface area contributed by atoms with Crippen LogP contribution in [0.1, 0.15) is 40.8 Å². The van der Waals surface area contributed by atoms with Crippen LogP contribution in [-0.4, -0.2) is 49.1 Å². The van der Waals surface area contributed by atoms with Gasteiger partial charge in [-0.05, 0) is 24.5 Å². The molecule has 0 saturated heterocycles. The number of fused-ring (bicyclic) bond motifs is 1. The van der Waals surface area contributed by atoms with E-state index in [1.165, 1.54) is 9.58 Å². The third kappa shape index (κ3) is 3.17. The summed E-state index contributed by atoms with van der Waals surface area (Å²) < 4.78 is 3.22. The topological polar surface area (TPSA) is 93.3 Å². The monoisotopic (exact) mass is 389 g/mol. The first-order valence-electron chi connectivity index (χ1n) is 9.10. The van der Waals surface area contributed by atoms with Crippen molar-refractivity contribution >= 4 is 5.91 Å². The molecular formula is C21H19N5O3. The molecule has 2 unspecified atom stereocenters. The smallest absolute Gasteiger partial charge is 0.275 e. The number of carbonyl (C=O) groups is 1. The number of aromatic nitrogens is 4. The first-order valence-corrected chi connectivity index (χ1v) is 9.10. The van der Waals surface area contributed by atoms with Gasteiger partial charge >= 0.3 is 0 Å². The van der Waals surface area contributed by atoms with E-state index >= 15 is 0 Å². The molecule has 1 aromatic carbocycles. The molecule has 1 N–H and O–H groups in total. The molecule has 1 amide bonds. The van der Waals surface area contributed by atoms with E-state index in [1.807, 2.05) is 42.6 Å². The van der Waals surface area contributed by atoms with E-state index in [-0.39, 0.29) is 11.7 Å². The first-order chi connectivity index (χ1) is 14.0. The van der Waals surface area contributed by atoms with Crippen LogP contribution in [0, 0.1) is 11.8 Å². The Kier molecular flexibility index (Phi) is 4.64. The number of hydrogen-bond acceptors (Lipinski definition) is 5. The van der Waals surface area contributed by atoms with E-state index < -0.39 is 23.1 Å². The molecule has 0 bridgehead atoms. The second-order valence-corrected chi connectivity index (χ2v) is 6.82. The van der Waals surface area contributed by atoms with Crippen LogP contribution in [0.3, 0.4) is 0 Å². The average molecular weight is 389 g/mol. The molecule has 0 spiro atoms. The zero-order valence-electron chi connectivity index (χ0n) is 16.0. The van der Waals surface area contributed by atoms with Crippen molar-refractivity contribution in [2.45, 2.75) is 19.0 Å². The lowest BCUT2D eigenvalue weighted by atomic mass is 9.97. The van der Waals surface area contributed by atoms with Crippen LogP contribution in [0.2, 0.25) is 0 Å². The van der Waals surface area contributed by atoms with Gasteiger partial charge in [0.25, 0.3) is 5.91 Å². The standard InChI is InChI=1S/C21H19N5O3/c1-3-7-15-10-11-25(23-15)18(14-8-5-4-6-9-14)16-13-24(2)21(29)19-20(28)17(27)12-22-26(16)19/h4-6,8-12,16,18,28H,13H2,1-2H3. The number of benzene rings is 1. The minimum Gasteiger partial charge on any atom is -0.502 e. The second kappa shape index (κ2) is 7.28. The molecule has 2 aromatic heterocycles. The highest BCUT2D eigenvalue weighted by molar-refractivity contribution is 5.95. The Hall–Kier alpha value is -3.86. The van der Waals surface area contributed by atoms with Crippen molar-refractivity contribution in [3.8, 4) is 17.6 Å². The molecule has 3 heterocycles. The van der Waals surface area contributed by atoms with Gasteiger partial charge in [-0.1, -0.05) is 36.3 Å². The van der Waals surface area contributed by atoms with Crippen molar-refractivity contribution in [3.05, 3.63) is 76.0 Å². The van der Waals surface area contributed by atoms with E-state index in [1.54, 1.807) is 18.7 Å². The second-order valence-electron chi connectivity index (χ2n) is 6.82. The lowest BCUT2D eigenvalue weighted by molar-refractivity contribution is 0.0667. The quantitative estimate of drug-likeness (QED) is 0.684. The molecule has 8 heteroatoms. The Morgan fingerprint density at radius 2 is 1.97 bits per heavy atom. The van der Waals surface area contributed by atoms with Gasteiger partial charge in [-0.2, -0.15) is 10.2 Å². The Balaban J connectivity index is 1.92. The highest BCUT2D eigenvalue weighted by Gasteiger charge is 2.38. The number of amides is 1. The van der Waals surface area contributed by atoms with Crippen LogP contribution in [-0.2, 0) is 0 Å². The predicted molar refractivity (Wildman–Crippen MR) is 106 cm³/mol. The molecule has 29 heavy (non-hydrogen) atoms. The van der Waals surface area contributed by atoms with Gasteiger partial charge in [-0.3, -0.25) is 14.3 Å². The van der Waals surface area contributed by atoms with Crippen LogP contribution in [0.25, 0.3) is 0 Å². The fourth-order valence-corrected chi connectivity index (χ4v) is 3.65. The molecule has 4 rings (SSSR count). The molecule has 0 aliphatic carbocycles. The normalized spacial score (nSPS) is 16.7. The lowest BCUT2D eigenvalue weighted by Crippen LogP contribution is -2.46. The minimum absolute atomic E-state index is 0.113. The fraction of sp³-hybridized carbons (Fsp3) is 0.238. The largest absolute Gasteiger partial charge is 0.502 e. The summed E-state index contributed by atoms with van der Waals surface area (Å²) in [6, 6.07) is 10.8. The molecule has 8 nitrogen and oxygen atoms in total. The Bertz CT molecular complexity index is 1190.